The van der Waals surface area contributed by atoms with Crippen LogP contribution < -0.4 is 5.32 Å². The molecule has 11 heavy (non-hydrogen) atoms. The molecule has 0 heterocycles. The molecule has 1 unspecified atom stereocenters. The van der Waals surface area contributed by atoms with E-state index in [1.165, 1.54) is 19.1 Å². The summed E-state index contributed by atoms with van der Waals surface area (Å²) in [7, 11) is -2.83. The molecule has 0 aromatic carbocycles. The smallest absolute Gasteiger partial charge is 0.151 e. The van der Waals surface area contributed by atoms with Crippen molar-refractivity contribution in [2.24, 2.45) is 0 Å². The summed E-state index contributed by atoms with van der Waals surface area (Å²) in [6.07, 6.45) is 3.69. The standard InChI is InChI=1S/C7H15NO2S/c1-6(11(2,9)10)5-8-7-3-4-7/h6-8H,3-5H2,1-2H3. The molecule has 0 spiro atoms. The van der Waals surface area contributed by atoms with Crippen LogP contribution in [0.5, 0.6) is 0 Å². The Bertz CT molecular complexity index is 219. The van der Waals surface area contributed by atoms with Crippen LogP contribution in [-0.2, 0) is 9.84 Å². The molecule has 3 nitrogen and oxygen atoms in total. The Labute approximate surface area is 68.1 Å². The van der Waals surface area contributed by atoms with Crippen LogP contribution in [0.25, 0.3) is 0 Å². The maximum absolute atomic E-state index is 10.9. The van der Waals surface area contributed by atoms with Gasteiger partial charge in [0, 0.05) is 18.8 Å². The molecule has 0 aromatic rings. The maximum Gasteiger partial charge on any atom is 0.151 e. The summed E-state index contributed by atoms with van der Waals surface area (Å²) in [5.74, 6) is 0. The second-order valence-corrected chi connectivity index (χ2v) is 5.79. The minimum Gasteiger partial charge on any atom is -0.313 e. The van der Waals surface area contributed by atoms with Crippen molar-refractivity contribution in [1.29, 1.82) is 0 Å². The molecule has 0 radical (unpaired) electrons. The summed E-state index contributed by atoms with van der Waals surface area (Å²) in [5, 5.41) is 2.94. The first kappa shape index (κ1) is 9.00. The molecule has 0 aliphatic heterocycles. The summed E-state index contributed by atoms with van der Waals surface area (Å²) in [4.78, 5) is 0. The van der Waals surface area contributed by atoms with Gasteiger partial charge in [0.15, 0.2) is 9.84 Å². The average Bonchev–Trinajstić information content (AvgIpc) is 2.62. The van der Waals surface area contributed by atoms with Crippen molar-refractivity contribution < 1.29 is 8.42 Å². The van der Waals surface area contributed by atoms with Gasteiger partial charge in [0.2, 0.25) is 0 Å². The molecule has 1 aliphatic carbocycles. The van der Waals surface area contributed by atoms with Gasteiger partial charge in [0.05, 0.1) is 5.25 Å². The van der Waals surface area contributed by atoms with Gasteiger partial charge in [-0.25, -0.2) is 8.42 Å². The van der Waals surface area contributed by atoms with E-state index in [0.29, 0.717) is 12.6 Å². The highest BCUT2D eigenvalue weighted by Crippen LogP contribution is 2.18. The van der Waals surface area contributed by atoms with Crippen molar-refractivity contribution in [2.45, 2.75) is 31.1 Å². The zero-order valence-electron chi connectivity index (χ0n) is 7.00. The molecule has 0 aromatic heterocycles. The Morgan fingerprint density at radius 1 is 1.55 bits per heavy atom. The number of nitrogens with one attached hydrogen (secondary N) is 1. The molecule has 4 heteroatoms. The third-order valence-electron chi connectivity index (χ3n) is 2.00. The quantitative estimate of drug-likeness (QED) is 0.666. The molecule has 1 rings (SSSR count). The molecule has 1 saturated carbocycles. The normalized spacial score (nSPS) is 21.6. The summed E-state index contributed by atoms with van der Waals surface area (Å²) >= 11 is 0. The Morgan fingerprint density at radius 2 is 2.09 bits per heavy atom. The molecule has 1 atom stereocenters. The Hall–Kier alpha value is -0.0900. The van der Waals surface area contributed by atoms with E-state index in [2.05, 4.69) is 5.32 Å². The Morgan fingerprint density at radius 3 is 2.45 bits per heavy atom. The van der Waals surface area contributed by atoms with Gasteiger partial charge in [0.1, 0.15) is 0 Å². The van der Waals surface area contributed by atoms with Crippen LogP contribution in [-0.4, -0.2) is 32.5 Å². The Kier molecular flexibility index (Phi) is 2.54. The third-order valence-corrected chi connectivity index (χ3v) is 3.63. The van der Waals surface area contributed by atoms with Gasteiger partial charge in [-0.15, -0.1) is 0 Å². The van der Waals surface area contributed by atoms with Crippen LogP contribution >= 0.6 is 0 Å². The topological polar surface area (TPSA) is 46.2 Å². The average molecular weight is 177 g/mol. The van der Waals surface area contributed by atoms with E-state index in [4.69, 9.17) is 0 Å². The van der Waals surface area contributed by atoms with Crippen molar-refractivity contribution in [2.75, 3.05) is 12.8 Å². The zero-order chi connectivity index (χ0) is 8.48. The number of hydrogen-bond acceptors (Lipinski definition) is 3. The number of hydrogen-bond donors (Lipinski definition) is 1. The van der Waals surface area contributed by atoms with Crippen molar-refractivity contribution in [1.82, 2.24) is 5.32 Å². The molecule has 0 bridgehead atoms. The fourth-order valence-corrected chi connectivity index (χ4v) is 1.17. The lowest BCUT2D eigenvalue weighted by Gasteiger charge is -2.09. The highest BCUT2D eigenvalue weighted by atomic mass is 32.2. The fraction of sp³-hybridized carbons (Fsp3) is 1.00. The van der Waals surface area contributed by atoms with E-state index in [-0.39, 0.29) is 5.25 Å². The lowest BCUT2D eigenvalue weighted by atomic mass is 10.4. The first-order chi connectivity index (χ1) is 5.00. The first-order valence-electron chi connectivity index (χ1n) is 3.92. The van der Waals surface area contributed by atoms with Gasteiger partial charge in [-0.1, -0.05) is 0 Å². The molecule has 0 saturated heterocycles. The van der Waals surface area contributed by atoms with Crippen LogP contribution in [0.15, 0.2) is 0 Å². The van der Waals surface area contributed by atoms with Crippen molar-refractivity contribution in [3.63, 3.8) is 0 Å². The van der Waals surface area contributed by atoms with Gasteiger partial charge in [-0.3, -0.25) is 0 Å². The van der Waals surface area contributed by atoms with E-state index in [1.54, 1.807) is 6.92 Å². The van der Waals surface area contributed by atoms with Crippen LogP contribution in [0.2, 0.25) is 0 Å². The van der Waals surface area contributed by atoms with E-state index in [0.717, 1.165) is 0 Å². The van der Waals surface area contributed by atoms with E-state index in [9.17, 15) is 8.42 Å². The largest absolute Gasteiger partial charge is 0.313 e. The molecule has 0 amide bonds. The van der Waals surface area contributed by atoms with Crippen molar-refractivity contribution in [3.8, 4) is 0 Å². The van der Waals surface area contributed by atoms with Crippen molar-refractivity contribution in [3.05, 3.63) is 0 Å². The van der Waals surface area contributed by atoms with Gasteiger partial charge in [0.25, 0.3) is 0 Å². The SMILES string of the molecule is CC(CNC1CC1)S(C)(=O)=O. The fourth-order valence-electron chi connectivity index (χ4n) is 0.771. The summed E-state index contributed by atoms with van der Waals surface area (Å²) in [6, 6.07) is 0.596. The van der Waals surface area contributed by atoms with E-state index in [1.807, 2.05) is 0 Å². The monoisotopic (exact) mass is 177 g/mol. The number of sulfone groups is 1. The lowest BCUT2D eigenvalue weighted by Crippen LogP contribution is -2.31. The highest BCUT2D eigenvalue weighted by molar-refractivity contribution is 7.91. The highest BCUT2D eigenvalue weighted by Gasteiger charge is 2.23. The predicted molar refractivity (Wildman–Crippen MR) is 45.3 cm³/mol. The first-order valence-corrected chi connectivity index (χ1v) is 5.88. The molecule has 1 aliphatic rings. The molecule has 1 N–H and O–H groups in total. The van der Waals surface area contributed by atoms with Crippen LogP contribution in [0, 0.1) is 0 Å². The van der Waals surface area contributed by atoms with Gasteiger partial charge >= 0.3 is 0 Å². The lowest BCUT2D eigenvalue weighted by molar-refractivity contribution is 0.576. The predicted octanol–water partition coefficient (Wildman–Crippen LogP) is 0.172. The second kappa shape index (κ2) is 3.11. The number of rotatable bonds is 4. The Balaban J connectivity index is 2.24. The summed E-state index contributed by atoms with van der Waals surface area (Å²) in [6.45, 7) is 2.34. The van der Waals surface area contributed by atoms with Gasteiger partial charge < -0.3 is 5.32 Å². The van der Waals surface area contributed by atoms with E-state index >= 15 is 0 Å². The van der Waals surface area contributed by atoms with Crippen LogP contribution in [0.3, 0.4) is 0 Å². The van der Waals surface area contributed by atoms with Gasteiger partial charge in [-0.05, 0) is 19.8 Å². The molecule has 1 fully saturated rings. The molecular formula is C7H15NO2S. The molecular weight excluding hydrogens is 162 g/mol. The maximum atomic E-state index is 10.9. The van der Waals surface area contributed by atoms with Crippen molar-refractivity contribution >= 4 is 9.84 Å². The van der Waals surface area contributed by atoms with E-state index < -0.39 is 9.84 Å². The van der Waals surface area contributed by atoms with Gasteiger partial charge in [-0.2, -0.15) is 0 Å². The van der Waals surface area contributed by atoms with Crippen LogP contribution in [0.1, 0.15) is 19.8 Å². The summed E-state index contributed by atoms with van der Waals surface area (Å²) < 4.78 is 21.8. The minimum atomic E-state index is -2.83. The van der Waals surface area contributed by atoms with Crippen LogP contribution in [0.4, 0.5) is 0 Å². The zero-order valence-corrected chi connectivity index (χ0v) is 7.82. The second-order valence-electron chi connectivity index (χ2n) is 3.32. The minimum absolute atomic E-state index is 0.247. The third kappa shape index (κ3) is 3.20. The molecule has 66 valence electrons. The summed E-state index contributed by atoms with van der Waals surface area (Å²) in [5.41, 5.74) is 0.